The van der Waals surface area contributed by atoms with Gasteiger partial charge in [-0.05, 0) is 30.5 Å². The Morgan fingerprint density at radius 2 is 1.38 bits per heavy atom. The van der Waals surface area contributed by atoms with Crippen molar-refractivity contribution >= 4 is 0 Å². The summed E-state index contributed by atoms with van der Waals surface area (Å²) in [7, 11) is 0. The Morgan fingerprint density at radius 1 is 0.810 bits per heavy atom. The van der Waals surface area contributed by atoms with Gasteiger partial charge >= 0.3 is 0 Å². The van der Waals surface area contributed by atoms with Gasteiger partial charge in [0.05, 0.1) is 6.10 Å². The molecule has 1 aliphatic carbocycles. The minimum Gasteiger partial charge on any atom is -0.489 e. The van der Waals surface area contributed by atoms with E-state index in [9.17, 15) is 0 Å². The molecule has 112 valence electrons. The molecule has 2 aromatic carbocycles. The largest absolute Gasteiger partial charge is 0.489 e. The van der Waals surface area contributed by atoms with E-state index in [0.717, 1.165) is 18.6 Å². The fourth-order valence-electron chi connectivity index (χ4n) is 2.34. The topological polar surface area (TPSA) is 29.5 Å². The van der Waals surface area contributed by atoms with Gasteiger partial charge in [-0.3, -0.25) is 0 Å². The van der Waals surface area contributed by atoms with E-state index < -0.39 is 0 Å². The molecule has 0 amide bonds. The summed E-state index contributed by atoms with van der Waals surface area (Å²) in [5.41, 5.74) is 1.19. The summed E-state index contributed by atoms with van der Waals surface area (Å²) in [4.78, 5) is 0. The number of para-hydroxylation sites is 1. The number of aliphatic hydroxyl groups excluding tert-OH is 1. The third-order valence-electron chi connectivity index (χ3n) is 3.57. The molecule has 2 aromatic rings. The van der Waals surface area contributed by atoms with E-state index in [0.29, 0.717) is 6.61 Å². The average Bonchev–Trinajstić information content (AvgIpc) is 2.56. The van der Waals surface area contributed by atoms with Crippen molar-refractivity contribution in [2.24, 2.45) is 0 Å². The van der Waals surface area contributed by atoms with Crippen molar-refractivity contribution in [1.29, 1.82) is 0 Å². The Morgan fingerprint density at radius 3 is 1.90 bits per heavy atom. The SMILES string of the molecule is OC1CCCCC1.c1ccc(COc2ccccc2)cc1. The van der Waals surface area contributed by atoms with Gasteiger partial charge < -0.3 is 9.84 Å². The number of benzene rings is 2. The van der Waals surface area contributed by atoms with Crippen LogP contribution in [0.5, 0.6) is 5.75 Å². The molecule has 0 saturated heterocycles. The molecule has 2 nitrogen and oxygen atoms in total. The minimum absolute atomic E-state index is 0.0359. The first-order chi connectivity index (χ1) is 10.3. The predicted molar refractivity (Wildman–Crippen MR) is 86.3 cm³/mol. The van der Waals surface area contributed by atoms with Crippen LogP contribution in [-0.4, -0.2) is 11.2 Å². The smallest absolute Gasteiger partial charge is 0.119 e. The van der Waals surface area contributed by atoms with E-state index in [1.54, 1.807) is 0 Å². The van der Waals surface area contributed by atoms with Crippen molar-refractivity contribution in [2.45, 2.75) is 44.8 Å². The maximum Gasteiger partial charge on any atom is 0.119 e. The summed E-state index contributed by atoms with van der Waals surface area (Å²) in [5.74, 6) is 0.913. The second kappa shape index (κ2) is 9.19. The zero-order valence-corrected chi connectivity index (χ0v) is 12.4. The first-order valence-corrected chi connectivity index (χ1v) is 7.74. The van der Waals surface area contributed by atoms with Gasteiger partial charge in [-0.1, -0.05) is 67.8 Å². The molecular weight excluding hydrogens is 260 g/mol. The fraction of sp³-hybridized carbons (Fsp3) is 0.368. The highest BCUT2D eigenvalue weighted by Gasteiger charge is 2.07. The number of hydrogen-bond acceptors (Lipinski definition) is 2. The van der Waals surface area contributed by atoms with Crippen LogP contribution in [0.3, 0.4) is 0 Å². The van der Waals surface area contributed by atoms with Crippen molar-refractivity contribution in [3.63, 3.8) is 0 Å². The van der Waals surface area contributed by atoms with Gasteiger partial charge in [0.15, 0.2) is 0 Å². The standard InChI is InChI=1S/C13H12O.C6H12O/c1-3-7-12(8-4-1)11-14-13-9-5-2-6-10-13;7-6-4-2-1-3-5-6/h1-10H,11H2;6-7H,1-5H2. The third kappa shape index (κ3) is 6.46. The quantitative estimate of drug-likeness (QED) is 0.894. The molecule has 0 aliphatic heterocycles. The normalized spacial score (nSPS) is 14.9. The van der Waals surface area contributed by atoms with Crippen LogP contribution in [0.15, 0.2) is 60.7 Å². The highest BCUT2D eigenvalue weighted by Crippen LogP contribution is 2.16. The summed E-state index contributed by atoms with van der Waals surface area (Å²) < 4.78 is 5.59. The average molecular weight is 284 g/mol. The lowest BCUT2D eigenvalue weighted by atomic mass is 9.98. The lowest BCUT2D eigenvalue weighted by Gasteiger charge is -2.14. The Kier molecular flexibility index (Phi) is 6.82. The third-order valence-corrected chi connectivity index (χ3v) is 3.57. The second-order valence-electron chi connectivity index (χ2n) is 5.38. The van der Waals surface area contributed by atoms with Gasteiger partial charge in [0.2, 0.25) is 0 Å². The van der Waals surface area contributed by atoms with Crippen LogP contribution in [-0.2, 0) is 6.61 Å². The van der Waals surface area contributed by atoms with Gasteiger partial charge in [-0.25, -0.2) is 0 Å². The Hall–Kier alpha value is -1.80. The maximum atomic E-state index is 8.91. The van der Waals surface area contributed by atoms with Crippen molar-refractivity contribution < 1.29 is 9.84 Å². The van der Waals surface area contributed by atoms with E-state index in [1.165, 1.54) is 24.8 Å². The van der Waals surface area contributed by atoms with E-state index in [-0.39, 0.29) is 6.10 Å². The molecule has 3 rings (SSSR count). The van der Waals surface area contributed by atoms with Crippen LogP contribution >= 0.6 is 0 Å². The molecule has 0 bridgehead atoms. The lowest BCUT2D eigenvalue weighted by Crippen LogP contribution is -2.09. The van der Waals surface area contributed by atoms with E-state index >= 15 is 0 Å². The highest BCUT2D eigenvalue weighted by molar-refractivity contribution is 5.22. The summed E-state index contributed by atoms with van der Waals surface area (Å²) >= 11 is 0. The summed E-state index contributed by atoms with van der Waals surface area (Å²) in [6.45, 7) is 0.630. The molecule has 1 N–H and O–H groups in total. The fourth-order valence-corrected chi connectivity index (χ4v) is 2.34. The summed E-state index contributed by atoms with van der Waals surface area (Å²) in [5, 5.41) is 8.91. The van der Waals surface area contributed by atoms with Crippen LogP contribution < -0.4 is 4.74 Å². The number of rotatable bonds is 3. The van der Waals surface area contributed by atoms with Gasteiger partial charge in [0, 0.05) is 0 Å². The van der Waals surface area contributed by atoms with Crippen molar-refractivity contribution in [3.8, 4) is 5.75 Å². The predicted octanol–water partition coefficient (Wildman–Crippen LogP) is 4.58. The molecule has 2 heteroatoms. The van der Waals surface area contributed by atoms with Crippen LogP contribution in [0, 0.1) is 0 Å². The second-order valence-corrected chi connectivity index (χ2v) is 5.38. The molecule has 0 heterocycles. The zero-order valence-electron chi connectivity index (χ0n) is 12.4. The molecule has 0 aromatic heterocycles. The van der Waals surface area contributed by atoms with Gasteiger partial charge in [0.25, 0.3) is 0 Å². The molecular formula is C19H24O2. The lowest BCUT2D eigenvalue weighted by molar-refractivity contribution is 0.130. The van der Waals surface area contributed by atoms with Gasteiger partial charge in [-0.2, -0.15) is 0 Å². The first kappa shape index (κ1) is 15.6. The van der Waals surface area contributed by atoms with E-state index in [2.05, 4.69) is 12.1 Å². The molecule has 0 unspecified atom stereocenters. The van der Waals surface area contributed by atoms with Gasteiger partial charge in [-0.15, -0.1) is 0 Å². The first-order valence-electron chi connectivity index (χ1n) is 7.74. The van der Waals surface area contributed by atoms with E-state index in [1.807, 2.05) is 48.5 Å². The number of ether oxygens (including phenoxy) is 1. The zero-order chi connectivity index (χ0) is 14.8. The van der Waals surface area contributed by atoms with Crippen LogP contribution in [0.4, 0.5) is 0 Å². The minimum atomic E-state index is 0.0359. The highest BCUT2D eigenvalue weighted by atomic mass is 16.5. The monoisotopic (exact) mass is 284 g/mol. The molecule has 0 atom stereocenters. The Labute approximate surface area is 127 Å². The van der Waals surface area contributed by atoms with Crippen molar-refractivity contribution in [2.75, 3.05) is 0 Å². The van der Waals surface area contributed by atoms with Gasteiger partial charge in [0.1, 0.15) is 12.4 Å². The molecule has 0 radical (unpaired) electrons. The Bertz CT molecular complexity index is 436. The summed E-state index contributed by atoms with van der Waals surface area (Å²) in [6.07, 6.45) is 5.92. The molecule has 1 saturated carbocycles. The molecule has 0 spiro atoms. The van der Waals surface area contributed by atoms with Crippen LogP contribution in [0.2, 0.25) is 0 Å². The molecule has 1 aliphatic rings. The van der Waals surface area contributed by atoms with E-state index in [4.69, 9.17) is 9.84 Å². The molecule has 21 heavy (non-hydrogen) atoms. The van der Waals surface area contributed by atoms with Crippen LogP contribution in [0.25, 0.3) is 0 Å². The summed E-state index contributed by atoms with van der Waals surface area (Å²) in [6, 6.07) is 20.0. The molecule has 1 fully saturated rings. The maximum absolute atomic E-state index is 8.91. The Balaban J connectivity index is 0.000000194. The van der Waals surface area contributed by atoms with Crippen molar-refractivity contribution in [3.05, 3.63) is 66.2 Å². The number of hydrogen-bond donors (Lipinski definition) is 1. The van der Waals surface area contributed by atoms with Crippen molar-refractivity contribution in [1.82, 2.24) is 0 Å². The number of aliphatic hydroxyl groups is 1. The van der Waals surface area contributed by atoms with Crippen LogP contribution in [0.1, 0.15) is 37.7 Å².